The summed E-state index contributed by atoms with van der Waals surface area (Å²) in [5.41, 5.74) is 0.770. The van der Waals surface area contributed by atoms with Crippen LogP contribution in [0, 0.1) is 2.88 Å². The number of halogens is 1. The fourth-order valence-electron chi connectivity index (χ4n) is 1.26. The van der Waals surface area contributed by atoms with E-state index in [1.807, 2.05) is 32.5 Å². The Labute approximate surface area is 114 Å². The third-order valence-corrected chi connectivity index (χ3v) is 4.01. The van der Waals surface area contributed by atoms with E-state index in [9.17, 15) is 4.79 Å². The zero-order chi connectivity index (χ0) is 12.1. The zero-order valence-corrected chi connectivity index (χ0v) is 12.8. The summed E-state index contributed by atoms with van der Waals surface area (Å²) >= 11 is 3.82. The average molecular weight is 352 g/mol. The summed E-state index contributed by atoms with van der Waals surface area (Å²) in [6.07, 6.45) is 0.972. The van der Waals surface area contributed by atoms with Gasteiger partial charge in [-0.1, -0.05) is 0 Å². The molecule has 0 aliphatic carbocycles. The number of carbonyl (C=O) groups excluding carboxylic acids is 1. The van der Waals surface area contributed by atoms with E-state index in [4.69, 9.17) is 0 Å². The van der Waals surface area contributed by atoms with E-state index in [2.05, 4.69) is 32.8 Å². The smallest absolute Gasteiger partial charge is 0.252 e. The second-order valence-corrected chi connectivity index (χ2v) is 6.91. The number of hydrogen-bond donors (Lipinski definition) is 1. The van der Waals surface area contributed by atoms with Crippen molar-refractivity contribution < 1.29 is 4.79 Å². The van der Waals surface area contributed by atoms with Crippen LogP contribution in [0.4, 0.5) is 0 Å². The Morgan fingerprint density at radius 1 is 1.62 bits per heavy atom. The lowest BCUT2D eigenvalue weighted by Gasteiger charge is -2.16. The van der Waals surface area contributed by atoms with E-state index in [0.717, 1.165) is 21.4 Å². The molecule has 1 rings (SSSR count). The predicted molar refractivity (Wildman–Crippen MR) is 77.1 cm³/mol. The van der Waals surface area contributed by atoms with Crippen molar-refractivity contribution in [1.29, 1.82) is 0 Å². The first-order valence-electron chi connectivity index (χ1n) is 5.18. The minimum absolute atomic E-state index is 0.0328. The van der Waals surface area contributed by atoms with Gasteiger partial charge in [-0.25, -0.2) is 0 Å². The molecule has 0 radical (unpaired) electrons. The van der Waals surface area contributed by atoms with Gasteiger partial charge in [-0.05, 0) is 62.6 Å². The van der Waals surface area contributed by atoms with E-state index in [1.165, 1.54) is 0 Å². The molecule has 5 heteroatoms. The van der Waals surface area contributed by atoms with Crippen molar-refractivity contribution in [2.75, 3.05) is 20.6 Å². The molecule has 16 heavy (non-hydrogen) atoms. The monoisotopic (exact) mass is 352 g/mol. The van der Waals surface area contributed by atoms with Gasteiger partial charge in [0.25, 0.3) is 5.91 Å². The number of hydrogen-bond acceptors (Lipinski definition) is 3. The van der Waals surface area contributed by atoms with Gasteiger partial charge >= 0.3 is 0 Å². The third kappa shape index (κ3) is 4.80. The van der Waals surface area contributed by atoms with Gasteiger partial charge in [0.15, 0.2) is 0 Å². The van der Waals surface area contributed by atoms with E-state index in [-0.39, 0.29) is 11.9 Å². The number of rotatable bonds is 5. The molecule has 0 saturated heterocycles. The third-order valence-electron chi connectivity index (χ3n) is 2.22. The van der Waals surface area contributed by atoms with Crippen LogP contribution in [-0.2, 0) is 0 Å². The lowest BCUT2D eigenvalue weighted by molar-refractivity contribution is 0.0937. The van der Waals surface area contributed by atoms with Crippen LogP contribution in [0.2, 0.25) is 0 Å². The number of nitrogens with zero attached hydrogens (tertiary/aromatic N) is 1. The Morgan fingerprint density at radius 2 is 2.31 bits per heavy atom. The number of amides is 1. The molecule has 1 atom stereocenters. The van der Waals surface area contributed by atoms with Crippen molar-refractivity contribution in [1.82, 2.24) is 10.2 Å². The molecule has 1 heterocycles. The Hall–Kier alpha value is -0.140. The van der Waals surface area contributed by atoms with Crippen LogP contribution in [0.15, 0.2) is 11.4 Å². The molecule has 1 aromatic rings. The Bertz CT molecular complexity index is 352. The van der Waals surface area contributed by atoms with Crippen LogP contribution < -0.4 is 5.32 Å². The summed E-state index contributed by atoms with van der Waals surface area (Å²) in [6.45, 7) is 3.03. The van der Waals surface area contributed by atoms with Gasteiger partial charge in [-0.3, -0.25) is 4.79 Å². The normalized spacial score (nSPS) is 12.8. The topological polar surface area (TPSA) is 32.3 Å². The van der Waals surface area contributed by atoms with Crippen molar-refractivity contribution >= 4 is 39.8 Å². The zero-order valence-electron chi connectivity index (χ0n) is 9.79. The van der Waals surface area contributed by atoms with Gasteiger partial charge in [0, 0.05) is 11.4 Å². The van der Waals surface area contributed by atoms with Crippen molar-refractivity contribution in [3.8, 4) is 0 Å². The van der Waals surface area contributed by atoms with Gasteiger partial charge in [0.05, 0.1) is 8.45 Å². The minimum Gasteiger partial charge on any atom is -0.350 e. The molecule has 0 aromatic carbocycles. The Morgan fingerprint density at radius 3 is 2.81 bits per heavy atom. The first kappa shape index (κ1) is 13.9. The lowest BCUT2D eigenvalue weighted by Crippen LogP contribution is -2.34. The molecule has 1 N–H and O–H groups in total. The number of thiophene rings is 1. The fourth-order valence-corrected chi connectivity index (χ4v) is 2.59. The molecule has 1 aromatic heterocycles. The molecule has 3 nitrogen and oxygen atoms in total. The second-order valence-electron chi connectivity index (χ2n) is 4.11. The molecule has 0 spiro atoms. The van der Waals surface area contributed by atoms with Gasteiger partial charge in [0.2, 0.25) is 0 Å². The van der Waals surface area contributed by atoms with Crippen LogP contribution in [0.3, 0.4) is 0 Å². The van der Waals surface area contributed by atoms with E-state index < -0.39 is 0 Å². The van der Waals surface area contributed by atoms with E-state index in [1.54, 1.807) is 11.3 Å². The highest BCUT2D eigenvalue weighted by molar-refractivity contribution is 14.1. The summed E-state index contributed by atoms with van der Waals surface area (Å²) in [6, 6.07) is 2.13. The second kappa shape index (κ2) is 6.56. The molecule has 0 aliphatic heterocycles. The Kier molecular flexibility index (Phi) is 5.71. The summed E-state index contributed by atoms with van der Waals surface area (Å²) < 4.78 is 1.14. The van der Waals surface area contributed by atoms with Gasteiger partial charge in [-0.2, -0.15) is 0 Å². The van der Waals surface area contributed by atoms with Crippen LogP contribution in [0.1, 0.15) is 23.7 Å². The maximum absolute atomic E-state index is 11.8. The average Bonchev–Trinajstić information content (AvgIpc) is 2.62. The fraction of sp³-hybridized carbons (Fsp3) is 0.545. The van der Waals surface area contributed by atoms with Gasteiger partial charge < -0.3 is 10.2 Å². The largest absolute Gasteiger partial charge is 0.350 e. The molecule has 0 aliphatic rings. The van der Waals surface area contributed by atoms with Crippen molar-refractivity contribution in [2.24, 2.45) is 0 Å². The van der Waals surface area contributed by atoms with Gasteiger partial charge in [0.1, 0.15) is 0 Å². The molecule has 1 amide bonds. The van der Waals surface area contributed by atoms with Crippen LogP contribution in [0.5, 0.6) is 0 Å². The molecule has 0 bridgehead atoms. The Balaban J connectivity index is 2.39. The van der Waals surface area contributed by atoms with Crippen LogP contribution >= 0.6 is 33.9 Å². The first-order chi connectivity index (χ1) is 7.49. The quantitative estimate of drug-likeness (QED) is 0.826. The van der Waals surface area contributed by atoms with Crippen LogP contribution in [-0.4, -0.2) is 37.5 Å². The van der Waals surface area contributed by atoms with Crippen molar-refractivity contribution in [3.05, 3.63) is 19.9 Å². The SMILES string of the molecule is CC(CCN(C)C)NC(=O)c1csc(I)c1. The summed E-state index contributed by atoms with van der Waals surface area (Å²) in [4.78, 5) is 13.9. The molecular weight excluding hydrogens is 335 g/mol. The highest BCUT2D eigenvalue weighted by Gasteiger charge is 2.11. The standard InChI is InChI=1S/C11H17IN2OS/c1-8(4-5-14(2)3)13-11(15)9-6-10(12)16-7-9/h6-8H,4-5H2,1-3H3,(H,13,15). The molecule has 0 saturated carbocycles. The summed E-state index contributed by atoms with van der Waals surface area (Å²) in [5.74, 6) is 0.0328. The maximum atomic E-state index is 11.8. The molecule has 90 valence electrons. The summed E-state index contributed by atoms with van der Waals surface area (Å²) in [7, 11) is 4.07. The van der Waals surface area contributed by atoms with Gasteiger partial charge in [-0.15, -0.1) is 11.3 Å². The summed E-state index contributed by atoms with van der Waals surface area (Å²) in [5, 5.41) is 4.90. The van der Waals surface area contributed by atoms with E-state index >= 15 is 0 Å². The molecular formula is C11H17IN2OS. The predicted octanol–water partition coefficient (Wildman–Crippen LogP) is 2.42. The number of carbonyl (C=O) groups is 1. The molecule has 1 unspecified atom stereocenters. The van der Waals surface area contributed by atoms with Crippen LogP contribution in [0.25, 0.3) is 0 Å². The lowest BCUT2D eigenvalue weighted by atomic mass is 10.2. The highest BCUT2D eigenvalue weighted by atomic mass is 127. The van der Waals surface area contributed by atoms with E-state index in [0.29, 0.717) is 0 Å². The van der Waals surface area contributed by atoms with Crippen molar-refractivity contribution in [3.63, 3.8) is 0 Å². The van der Waals surface area contributed by atoms with Crippen molar-refractivity contribution in [2.45, 2.75) is 19.4 Å². The maximum Gasteiger partial charge on any atom is 0.252 e. The first-order valence-corrected chi connectivity index (χ1v) is 7.14. The number of nitrogens with one attached hydrogen (secondary N) is 1. The minimum atomic E-state index is 0.0328. The highest BCUT2D eigenvalue weighted by Crippen LogP contribution is 2.16. The molecule has 0 fully saturated rings.